The third-order valence-electron chi connectivity index (χ3n) is 11.2. The van der Waals surface area contributed by atoms with Crippen LogP contribution in [-0.2, 0) is 24.4 Å². The monoisotopic (exact) mass is 776 g/mol. The molecule has 0 bridgehead atoms. The molecule has 8 nitrogen and oxygen atoms in total. The van der Waals surface area contributed by atoms with Crippen molar-refractivity contribution in [1.82, 2.24) is 15.1 Å². The summed E-state index contributed by atoms with van der Waals surface area (Å²) in [6.07, 6.45) is 10.2. The maximum absolute atomic E-state index is 13.2. The van der Waals surface area contributed by atoms with E-state index in [1.54, 1.807) is 12.1 Å². The van der Waals surface area contributed by atoms with E-state index in [1.807, 2.05) is 48.5 Å². The first-order valence-electron chi connectivity index (χ1n) is 21.3. The summed E-state index contributed by atoms with van der Waals surface area (Å²) in [6.45, 7) is 11.9. The van der Waals surface area contributed by atoms with Crippen LogP contribution in [0.3, 0.4) is 0 Å². The predicted octanol–water partition coefficient (Wildman–Crippen LogP) is 6.40. The van der Waals surface area contributed by atoms with Crippen LogP contribution in [0.25, 0.3) is 0 Å². The van der Waals surface area contributed by atoms with Gasteiger partial charge in [-0.05, 0) is 97.3 Å². The van der Waals surface area contributed by atoms with Gasteiger partial charge in [0.05, 0.1) is 0 Å². The highest BCUT2D eigenvalue weighted by Gasteiger charge is 2.30. The summed E-state index contributed by atoms with van der Waals surface area (Å²) in [7, 11) is -2.99. The zero-order valence-electron chi connectivity index (χ0n) is 34.7. The second kappa shape index (κ2) is 24.9. The van der Waals surface area contributed by atoms with Gasteiger partial charge < -0.3 is 25.4 Å². The number of benzene rings is 4. The van der Waals surface area contributed by atoms with Crippen LogP contribution in [0.1, 0.15) is 113 Å². The molecule has 4 aromatic carbocycles. The highest BCUT2D eigenvalue weighted by atomic mass is 16.4. The van der Waals surface area contributed by atoms with Gasteiger partial charge in [0.2, 0.25) is 5.91 Å². The minimum absolute atomic E-state index is 0.128. The van der Waals surface area contributed by atoms with Gasteiger partial charge in [-0.2, -0.15) is 0 Å². The summed E-state index contributed by atoms with van der Waals surface area (Å²) in [6, 6.07) is 36.1. The first-order chi connectivity index (χ1) is 27.6. The van der Waals surface area contributed by atoms with E-state index in [-0.39, 0.29) is 5.91 Å². The Balaban J connectivity index is 1.22. The predicted molar refractivity (Wildman–Crippen MR) is 236 cm³/mol. The van der Waals surface area contributed by atoms with Crippen LogP contribution in [0, 0.1) is 5.41 Å². The molecule has 0 aliphatic rings. The quantitative estimate of drug-likeness (QED) is 0.0352. The Kier molecular flexibility index (Phi) is 20.1. The molecule has 1 atom stereocenters. The summed E-state index contributed by atoms with van der Waals surface area (Å²) in [4.78, 5) is 18.0. The zero-order valence-corrected chi connectivity index (χ0v) is 34.7. The van der Waals surface area contributed by atoms with Crippen molar-refractivity contribution in [3.63, 3.8) is 0 Å². The van der Waals surface area contributed by atoms with Crippen molar-refractivity contribution in [2.45, 2.75) is 111 Å². The van der Waals surface area contributed by atoms with Gasteiger partial charge in [0.25, 0.3) is 0 Å². The van der Waals surface area contributed by atoms with E-state index in [9.17, 15) is 24.9 Å². The molecule has 0 saturated heterocycles. The van der Waals surface area contributed by atoms with Gasteiger partial charge in [0, 0.05) is 31.6 Å². The lowest BCUT2D eigenvalue weighted by Crippen LogP contribution is -2.38. The van der Waals surface area contributed by atoms with Crippen LogP contribution in [0.5, 0.6) is 0 Å². The number of hydrogen-bond acceptors (Lipinski definition) is 7. The summed E-state index contributed by atoms with van der Waals surface area (Å²) < 4.78 is 0. The molecule has 0 aliphatic carbocycles. The topological polar surface area (TPSA) is 117 Å². The van der Waals surface area contributed by atoms with E-state index >= 15 is 0 Å². The number of amides is 1. The van der Waals surface area contributed by atoms with E-state index in [2.05, 4.69) is 84.4 Å². The zero-order chi connectivity index (χ0) is 40.9. The Morgan fingerprint density at radius 2 is 1.05 bits per heavy atom. The minimum atomic E-state index is -1.50. The average molecular weight is 776 g/mol. The number of carbonyl (C=O) groups excluding carboxylic acids is 1. The largest absolute Gasteiger partial charge is 0.488 e. The van der Waals surface area contributed by atoms with Gasteiger partial charge in [-0.25, -0.2) is 0 Å². The standard InChI is InChI=1S/C47H67B2N3O5/c1-4-40(41-25-13-10-14-26-41)35-47(2,3)46(53)50-31-19-5-6-20-32-51(37-42-27-15-17-29-44(42)48(54)55)33-21-7-8-22-34-52(36-39-23-11-9-12-24-39)38-43-28-16-18-30-45(43)49(56)57/h9-18,23-30,40,54-57H,4-8,19-22,31-38H2,1-3H3,(H,50,53). The third kappa shape index (κ3) is 16.2. The molecule has 0 spiro atoms. The summed E-state index contributed by atoms with van der Waals surface area (Å²) >= 11 is 0. The molecule has 5 N–H and O–H groups in total. The van der Waals surface area contributed by atoms with Gasteiger partial charge in [-0.1, -0.05) is 156 Å². The SMILES string of the molecule is CCC(CC(C)(C)C(=O)NCCCCCCN(CCCCCCN(Cc1ccccc1)Cc1ccccc1B(O)O)Cc1ccccc1B(O)O)c1ccccc1. The van der Waals surface area contributed by atoms with Crippen LogP contribution in [0.4, 0.5) is 0 Å². The fourth-order valence-electron chi connectivity index (χ4n) is 7.88. The maximum atomic E-state index is 13.2. The molecule has 0 radical (unpaired) electrons. The third-order valence-corrected chi connectivity index (χ3v) is 11.2. The fourth-order valence-corrected chi connectivity index (χ4v) is 7.88. The first-order valence-corrected chi connectivity index (χ1v) is 21.3. The fraction of sp³-hybridized carbons (Fsp3) is 0.468. The molecule has 57 heavy (non-hydrogen) atoms. The number of rotatable bonds is 27. The van der Waals surface area contributed by atoms with Crippen molar-refractivity contribution >= 4 is 31.1 Å². The minimum Gasteiger partial charge on any atom is -0.423 e. The second-order valence-electron chi connectivity index (χ2n) is 16.3. The number of nitrogens with zero attached hydrogens (tertiary/aromatic N) is 2. The average Bonchev–Trinajstić information content (AvgIpc) is 3.21. The van der Waals surface area contributed by atoms with Crippen LogP contribution in [-0.4, -0.2) is 76.2 Å². The molecular weight excluding hydrogens is 708 g/mol. The second-order valence-corrected chi connectivity index (χ2v) is 16.3. The smallest absolute Gasteiger partial charge is 0.423 e. The van der Waals surface area contributed by atoms with E-state index in [1.165, 1.54) is 11.1 Å². The molecule has 1 unspecified atom stereocenters. The number of unbranched alkanes of at least 4 members (excludes halogenated alkanes) is 6. The highest BCUT2D eigenvalue weighted by molar-refractivity contribution is 6.59. The molecule has 306 valence electrons. The molecule has 0 heterocycles. The van der Waals surface area contributed by atoms with Crippen molar-refractivity contribution in [2.24, 2.45) is 5.41 Å². The Morgan fingerprint density at radius 3 is 1.58 bits per heavy atom. The maximum Gasteiger partial charge on any atom is 0.488 e. The Bertz CT molecular complexity index is 1710. The lowest BCUT2D eigenvalue weighted by Gasteiger charge is -2.28. The molecule has 0 aliphatic heterocycles. The van der Waals surface area contributed by atoms with E-state index < -0.39 is 19.7 Å². The van der Waals surface area contributed by atoms with Crippen LogP contribution < -0.4 is 16.2 Å². The molecule has 1 amide bonds. The lowest BCUT2D eigenvalue weighted by molar-refractivity contribution is -0.129. The summed E-state index contributed by atoms with van der Waals surface area (Å²) in [5, 5.41) is 43.2. The molecule has 0 saturated carbocycles. The first kappa shape index (κ1) is 45.9. The van der Waals surface area contributed by atoms with Crippen molar-refractivity contribution < 1.29 is 24.9 Å². The highest BCUT2D eigenvalue weighted by Crippen LogP contribution is 2.34. The number of carbonyl (C=O) groups is 1. The summed E-state index contributed by atoms with van der Waals surface area (Å²) in [5.74, 6) is 0.490. The van der Waals surface area contributed by atoms with Crippen LogP contribution in [0.15, 0.2) is 109 Å². The molecule has 4 aromatic rings. The molecule has 0 aromatic heterocycles. The van der Waals surface area contributed by atoms with E-state index in [0.29, 0.717) is 36.5 Å². The van der Waals surface area contributed by atoms with Crippen molar-refractivity contribution in [3.8, 4) is 0 Å². The van der Waals surface area contributed by atoms with Gasteiger partial charge in [-0.15, -0.1) is 0 Å². The van der Waals surface area contributed by atoms with Crippen molar-refractivity contribution in [2.75, 3.05) is 26.2 Å². The van der Waals surface area contributed by atoms with Crippen molar-refractivity contribution in [1.29, 1.82) is 0 Å². The van der Waals surface area contributed by atoms with Gasteiger partial charge in [0.1, 0.15) is 0 Å². The van der Waals surface area contributed by atoms with Gasteiger partial charge in [0.15, 0.2) is 0 Å². The number of hydrogen-bond donors (Lipinski definition) is 5. The lowest BCUT2D eigenvalue weighted by atomic mass is 9.77. The van der Waals surface area contributed by atoms with E-state index in [0.717, 1.165) is 102 Å². The van der Waals surface area contributed by atoms with Crippen molar-refractivity contribution in [3.05, 3.63) is 131 Å². The Hall–Kier alpha value is -3.76. The Morgan fingerprint density at radius 1 is 0.596 bits per heavy atom. The van der Waals surface area contributed by atoms with Gasteiger partial charge in [-0.3, -0.25) is 14.6 Å². The Labute approximate surface area is 343 Å². The van der Waals surface area contributed by atoms with Gasteiger partial charge >= 0.3 is 14.2 Å². The van der Waals surface area contributed by atoms with E-state index in [4.69, 9.17) is 0 Å². The molecular formula is C47H67B2N3O5. The number of nitrogens with one attached hydrogen (secondary N) is 1. The summed E-state index contributed by atoms with van der Waals surface area (Å²) in [5.41, 5.74) is 5.08. The van der Waals surface area contributed by atoms with Crippen LogP contribution >= 0.6 is 0 Å². The molecule has 4 rings (SSSR count). The molecule has 10 heteroatoms. The normalized spacial score (nSPS) is 12.2. The molecule has 0 fully saturated rings. The van der Waals surface area contributed by atoms with Crippen LogP contribution in [0.2, 0.25) is 0 Å².